The van der Waals surface area contributed by atoms with Crippen molar-refractivity contribution in [3.05, 3.63) is 16.4 Å². The molecule has 0 radical (unpaired) electrons. The molecule has 0 aromatic carbocycles. The third-order valence-corrected chi connectivity index (χ3v) is 5.56. The van der Waals surface area contributed by atoms with E-state index in [-0.39, 0.29) is 0 Å². The Labute approximate surface area is 123 Å². The van der Waals surface area contributed by atoms with E-state index in [0.29, 0.717) is 10.7 Å². The lowest BCUT2D eigenvalue weighted by Gasteiger charge is -2.34. The minimum atomic E-state index is 0.655. The average molecular weight is 335 g/mol. The first kappa shape index (κ1) is 14.4. The quantitative estimate of drug-likeness (QED) is 0.791. The third kappa shape index (κ3) is 2.91. The lowest BCUT2D eigenvalue weighted by atomic mass is 10.00. The van der Waals surface area contributed by atoms with Crippen LogP contribution in [0.3, 0.4) is 0 Å². The van der Waals surface area contributed by atoms with Gasteiger partial charge in [0, 0.05) is 25.0 Å². The van der Waals surface area contributed by atoms with Gasteiger partial charge in [-0.25, -0.2) is 0 Å². The molecule has 2 heterocycles. The number of hydrogen-bond donors (Lipinski definition) is 0. The zero-order valence-corrected chi connectivity index (χ0v) is 13.6. The molecule has 5 heteroatoms. The summed E-state index contributed by atoms with van der Waals surface area (Å²) in [6, 6.07) is 0. The van der Waals surface area contributed by atoms with Crippen molar-refractivity contribution in [1.82, 2.24) is 14.7 Å². The van der Waals surface area contributed by atoms with Crippen molar-refractivity contribution in [3.63, 3.8) is 0 Å². The maximum absolute atomic E-state index is 6.39. The van der Waals surface area contributed by atoms with Crippen molar-refractivity contribution in [1.29, 1.82) is 0 Å². The van der Waals surface area contributed by atoms with Gasteiger partial charge in [0.05, 0.1) is 16.4 Å². The molecule has 0 N–H and O–H groups in total. The molecule has 0 saturated carbocycles. The molecule has 1 aromatic rings. The minimum Gasteiger partial charge on any atom is -0.297 e. The number of nitrogens with zero attached hydrogens (tertiary/aromatic N) is 3. The predicted molar refractivity (Wildman–Crippen MR) is 79.4 cm³/mol. The minimum absolute atomic E-state index is 0.655. The first-order valence-electron chi connectivity index (χ1n) is 6.59. The molecule has 1 aromatic heterocycles. The number of aryl methyl sites for hydroxylation is 2. The van der Waals surface area contributed by atoms with Gasteiger partial charge in [-0.05, 0) is 25.3 Å². The molecular weight excluding hydrogens is 314 g/mol. The Kier molecular flexibility index (Phi) is 4.73. The van der Waals surface area contributed by atoms with Crippen LogP contribution in [0.2, 0.25) is 5.02 Å². The number of rotatable bonds is 3. The standard InChI is InChI=1S/C13H21BrClN3/c1-4-11-13(15)12(17(3)16-11)8-18-6-5-10(14)9(2)7-18/h9-10H,4-8H2,1-3H3. The molecule has 1 aliphatic rings. The van der Waals surface area contributed by atoms with Gasteiger partial charge in [-0.1, -0.05) is 41.4 Å². The zero-order valence-electron chi connectivity index (χ0n) is 11.3. The molecule has 0 spiro atoms. The number of aromatic nitrogens is 2. The number of hydrogen-bond acceptors (Lipinski definition) is 2. The van der Waals surface area contributed by atoms with Gasteiger partial charge in [-0.3, -0.25) is 9.58 Å². The molecular formula is C13H21BrClN3. The Morgan fingerprint density at radius 3 is 2.78 bits per heavy atom. The molecule has 0 aliphatic carbocycles. The van der Waals surface area contributed by atoms with Crippen LogP contribution in [0.4, 0.5) is 0 Å². The van der Waals surface area contributed by atoms with Crippen LogP contribution in [0.1, 0.15) is 31.7 Å². The molecule has 102 valence electrons. The summed E-state index contributed by atoms with van der Waals surface area (Å²) < 4.78 is 1.94. The number of piperidine rings is 1. The van der Waals surface area contributed by atoms with Crippen molar-refractivity contribution in [2.75, 3.05) is 13.1 Å². The van der Waals surface area contributed by atoms with Gasteiger partial charge in [0.2, 0.25) is 0 Å². The fourth-order valence-corrected chi connectivity index (χ4v) is 3.28. The topological polar surface area (TPSA) is 21.1 Å². The second kappa shape index (κ2) is 5.93. The first-order valence-corrected chi connectivity index (χ1v) is 7.89. The number of alkyl halides is 1. The lowest BCUT2D eigenvalue weighted by Crippen LogP contribution is -2.39. The molecule has 2 unspecified atom stereocenters. The van der Waals surface area contributed by atoms with Crippen molar-refractivity contribution in [2.45, 2.75) is 38.1 Å². The van der Waals surface area contributed by atoms with E-state index >= 15 is 0 Å². The van der Waals surface area contributed by atoms with Crippen molar-refractivity contribution < 1.29 is 0 Å². The maximum atomic E-state index is 6.39. The highest BCUT2D eigenvalue weighted by molar-refractivity contribution is 9.09. The number of halogens is 2. The first-order chi connectivity index (χ1) is 8.52. The summed E-state index contributed by atoms with van der Waals surface area (Å²) in [6.07, 6.45) is 2.10. The van der Waals surface area contributed by atoms with E-state index in [9.17, 15) is 0 Å². The van der Waals surface area contributed by atoms with Crippen LogP contribution in [0.15, 0.2) is 0 Å². The van der Waals surface area contributed by atoms with Gasteiger partial charge in [-0.15, -0.1) is 0 Å². The van der Waals surface area contributed by atoms with Crippen LogP contribution >= 0.6 is 27.5 Å². The van der Waals surface area contributed by atoms with E-state index in [1.165, 1.54) is 6.42 Å². The highest BCUT2D eigenvalue weighted by Crippen LogP contribution is 2.27. The Hall–Kier alpha value is -0.0600. The van der Waals surface area contributed by atoms with Crippen LogP contribution in [-0.4, -0.2) is 32.6 Å². The second-order valence-corrected chi connectivity index (χ2v) is 6.76. The summed E-state index contributed by atoms with van der Waals surface area (Å²) in [5, 5.41) is 5.33. The van der Waals surface area contributed by atoms with E-state index in [0.717, 1.165) is 42.5 Å². The highest BCUT2D eigenvalue weighted by atomic mass is 79.9. The largest absolute Gasteiger partial charge is 0.297 e. The summed E-state index contributed by atoms with van der Waals surface area (Å²) in [6.45, 7) is 7.55. The summed E-state index contributed by atoms with van der Waals surface area (Å²) in [7, 11) is 1.99. The monoisotopic (exact) mass is 333 g/mol. The molecule has 1 fully saturated rings. The normalized spacial score (nSPS) is 25.6. The Bertz CT molecular complexity index is 419. The molecule has 2 atom stereocenters. The van der Waals surface area contributed by atoms with E-state index in [2.05, 4.69) is 39.8 Å². The number of likely N-dealkylation sites (tertiary alicyclic amines) is 1. The molecule has 0 amide bonds. The van der Waals surface area contributed by atoms with E-state index in [1.54, 1.807) is 0 Å². The summed E-state index contributed by atoms with van der Waals surface area (Å²) in [5.41, 5.74) is 2.16. The summed E-state index contributed by atoms with van der Waals surface area (Å²) in [5.74, 6) is 0.691. The SMILES string of the molecule is CCc1nn(C)c(CN2CCC(Br)C(C)C2)c1Cl. The van der Waals surface area contributed by atoms with Gasteiger partial charge >= 0.3 is 0 Å². The Morgan fingerprint density at radius 2 is 2.22 bits per heavy atom. The summed E-state index contributed by atoms with van der Waals surface area (Å²) >= 11 is 10.1. The molecule has 2 rings (SSSR count). The zero-order chi connectivity index (χ0) is 13.3. The van der Waals surface area contributed by atoms with E-state index in [4.69, 9.17) is 11.6 Å². The summed E-state index contributed by atoms with van der Waals surface area (Å²) in [4.78, 5) is 3.13. The van der Waals surface area contributed by atoms with E-state index < -0.39 is 0 Å². The predicted octanol–water partition coefficient (Wildman–Crippen LogP) is 3.24. The van der Waals surface area contributed by atoms with Gasteiger partial charge in [0.25, 0.3) is 0 Å². The highest BCUT2D eigenvalue weighted by Gasteiger charge is 2.25. The van der Waals surface area contributed by atoms with Crippen LogP contribution < -0.4 is 0 Å². The molecule has 1 aliphatic heterocycles. The Balaban J connectivity index is 2.08. The van der Waals surface area contributed by atoms with Crippen molar-refractivity contribution in [2.24, 2.45) is 13.0 Å². The van der Waals surface area contributed by atoms with Gasteiger partial charge in [-0.2, -0.15) is 5.10 Å². The average Bonchev–Trinajstić information content (AvgIpc) is 2.61. The van der Waals surface area contributed by atoms with Crippen LogP contribution in [0, 0.1) is 5.92 Å². The van der Waals surface area contributed by atoms with E-state index in [1.807, 2.05) is 11.7 Å². The maximum Gasteiger partial charge on any atom is 0.0863 e. The van der Waals surface area contributed by atoms with Gasteiger partial charge in [0.1, 0.15) is 0 Å². The third-order valence-electron chi connectivity index (χ3n) is 3.76. The fourth-order valence-electron chi connectivity index (χ4n) is 2.55. The van der Waals surface area contributed by atoms with Crippen LogP contribution in [0.5, 0.6) is 0 Å². The van der Waals surface area contributed by atoms with Crippen LogP contribution in [0.25, 0.3) is 0 Å². The Morgan fingerprint density at radius 1 is 1.50 bits per heavy atom. The fraction of sp³-hybridized carbons (Fsp3) is 0.769. The second-order valence-electron chi connectivity index (χ2n) is 5.20. The van der Waals surface area contributed by atoms with Gasteiger partial charge in [0.15, 0.2) is 0 Å². The van der Waals surface area contributed by atoms with Crippen LogP contribution in [-0.2, 0) is 20.0 Å². The van der Waals surface area contributed by atoms with Crippen molar-refractivity contribution in [3.8, 4) is 0 Å². The molecule has 1 saturated heterocycles. The molecule has 18 heavy (non-hydrogen) atoms. The molecule has 3 nitrogen and oxygen atoms in total. The smallest absolute Gasteiger partial charge is 0.0863 e. The van der Waals surface area contributed by atoms with Crippen molar-refractivity contribution >= 4 is 27.5 Å². The van der Waals surface area contributed by atoms with Gasteiger partial charge < -0.3 is 0 Å². The lowest BCUT2D eigenvalue weighted by molar-refractivity contribution is 0.179. The molecule has 0 bridgehead atoms.